The van der Waals surface area contributed by atoms with Gasteiger partial charge in [0.15, 0.2) is 0 Å². The standard InChI is InChI=1S/C16H20N2O2S/c1-10(2)16(4)15(21)18(9-17-16)13-7-6-12(8-11(13)3)14(19)20-5/h6-10H,1-5H3. The number of benzene rings is 1. The molecule has 0 aliphatic carbocycles. The van der Waals surface area contributed by atoms with Crippen LogP contribution in [0.4, 0.5) is 5.69 Å². The molecule has 0 spiro atoms. The third kappa shape index (κ3) is 2.58. The molecule has 112 valence electrons. The Morgan fingerprint density at radius 3 is 2.57 bits per heavy atom. The van der Waals surface area contributed by atoms with Crippen molar-refractivity contribution in [3.05, 3.63) is 29.3 Å². The number of esters is 1. The number of aryl methyl sites for hydroxylation is 1. The zero-order valence-electron chi connectivity index (χ0n) is 13.0. The Labute approximate surface area is 130 Å². The summed E-state index contributed by atoms with van der Waals surface area (Å²) in [6.07, 6.45) is 1.78. The summed E-state index contributed by atoms with van der Waals surface area (Å²) in [4.78, 5) is 18.9. The first kappa shape index (κ1) is 15.6. The molecule has 0 fully saturated rings. The van der Waals surface area contributed by atoms with Gasteiger partial charge in [0.25, 0.3) is 0 Å². The molecule has 0 saturated carbocycles. The van der Waals surface area contributed by atoms with Crippen LogP contribution in [0.3, 0.4) is 0 Å². The second kappa shape index (κ2) is 5.56. The van der Waals surface area contributed by atoms with Crippen LogP contribution in [0.5, 0.6) is 0 Å². The maximum absolute atomic E-state index is 11.6. The first-order chi connectivity index (χ1) is 9.81. The van der Waals surface area contributed by atoms with E-state index in [9.17, 15) is 4.79 Å². The van der Waals surface area contributed by atoms with Crippen molar-refractivity contribution < 1.29 is 9.53 Å². The lowest BCUT2D eigenvalue weighted by molar-refractivity contribution is 0.0600. The number of carbonyl (C=O) groups excluding carboxylic acids is 1. The topological polar surface area (TPSA) is 41.9 Å². The SMILES string of the molecule is COC(=O)c1ccc(N2C=NC(C)(C(C)C)C2=S)c(C)c1. The van der Waals surface area contributed by atoms with Gasteiger partial charge in [-0.3, -0.25) is 9.89 Å². The highest BCUT2D eigenvalue weighted by Gasteiger charge is 2.40. The average Bonchev–Trinajstić information content (AvgIpc) is 2.76. The number of hydrogen-bond acceptors (Lipinski definition) is 4. The van der Waals surface area contributed by atoms with Crippen LogP contribution in [0, 0.1) is 12.8 Å². The van der Waals surface area contributed by atoms with E-state index in [0.29, 0.717) is 11.5 Å². The fraction of sp³-hybridized carbons (Fsp3) is 0.438. The molecule has 0 saturated heterocycles. The van der Waals surface area contributed by atoms with Crippen LogP contribution >= 0.6 is 12.2 Å². The van der Waals surface area contributed by atoms with Crippen molar-refractivity contribution in [2.24, 2.45) is 10.9 Å². The van der Waals surface area contributed by atoms with E-state index >= 15 is 0 Å². The van der Waals surface area contributed by atoms with Crippen LogP contribution in [0.1, 0.15) is 36.7 Å². The van der Waals surface area contributed by atoms with E-state index in [1.165, 1.54) is 7.11 Å². The average molecular weight is 304 g/mol. The van der Waals surface area contributed by atoms with Crippen molar-refractivity contribution in [1.82, 2.24) is 0 Å². The Morgan fingerprint density at radius 2 is 2.10 bits per heavy atom. The van der Waals surface area contributed by atoms with Gasteiger partial charge in [-0.25, -0.2) is 4.79 Å². The molecular weight excluding hydrogens is 284 g/mol. The fourth-order valence-electron chi connectivity index (χ4n) is 2.27. The summed E-state index contributed by atoms with van der Waals surface area (Å²) in [5.41, 5.74) is 2.08. The lowest BCUT2D eigenvalue weighted by Crippen LogP contribution is -2.41. The fourth-order valence-corrected chi connectivity index (χ4v) is 2.70. The minimum Gasteiger partial charge on any atom is -0.465 e. The zero-order valence-corrected chi connectivity index (χ0v) is 13.8. The molecule has 1 atom stereocenters. The number of carbonyl (C=O) groups is 1. The second-order valence-corrected chi connectivity index (χ2v) is 6.10. The maximum Gasteiger partial charge on any atom is 0.337 e. The number of anilines is 1. The predicted octanol–water partition coefficient (Wildman–Crippen LogP) is 3.37. The monoisotopic (exact) mass is 304 g/mol. The van der Waals surface area contributed by atoms with Crippen molar-refractivity contribution in [2.45, 2.75) is 33.2 Å². The molecule has 0 amide bonds. The van der Waals surface area contributed by atoms with E-state index in [4.69, 9.17) is 17.0 Å². The number of thiocarbonyl (C=S) groups is 1. The van der Waals surface area contributed by atoms with Crippen LogP contribution in [-0.2, 0) is 4.74 Å². The van der Waals surface area contributed by atoms with E-state index in [1.54, 1.807) is 12.4 Å². The molecule has 4 nitrogen and oxygen atoms in total. The number of hydrogen-bond donors (Lipinski definition) is 0. The van der Waals surface area contributed by atoms with Crippen LogP contribution in [0.2, 0.25) is 0 Å². The Balaban J connectivity index is 2.35. The first-order valence-electron chi connectivity index (χ1n) is 6.89. The molecule has 1 aliphatic rings. The Kier molecular flexibility index (Phi) is 4.14. The second-order valence-electron chi connectivity index (χ2n) is 5.71. The minimum absolute atomic E-state index is 0.320. The summed E-state index contributed by atoms with van der Waals surface area (Å²) in [6.45, 7) is 8.22. The zero-order chi connectivity index (χ0) is 15.8. The van der Waals surface area contributed by atoms with Crippen molar-refractivity contribution in [3.8, 4) is 0 Å². The summed E-state index contributed by atoms with van der Waals surface area (Å²) in [6, 6.07) is 5.43. The largest absolute Gasteiger partial charge is 0.465 e. The van der Waals surface area contributed by atoms with Crippen LogP contribution in [0.15, 0.2) is 23.2 Å². The molecule has 0 bridgehead atoms. The summed E-state index contributed by atoms with van der Waals surface area (Å²) in [5.74, 6) is -0.0183. The number of aliphatic imine (C=N–C) groups is 1. The van der Waals surface area contributed by atoms with Gasteiger partial charge in [0.05, 0.1) is 24.7 Å². The van der Waals surface area contributed by atoms with Gasteiger partial charge in [-0.15, -0.1) is 0 Å². The molecule has 21 heavy (non-hydrogen) atoms. The van der Waals surface area contributed by atoms with Crippen molar-refractivity contribution in [3.63, 3.8) is 0 Å². The highest BCUT2D eigenvalue weighted by Crippen LogP contribution is 2.33. The molecule has 1 unspecified atom stereocenters. The summed E-state index contributed by atoms with van der Waals surface area (Å²) in [5, 5.41) is 0. The maximum atomic E-state index is 11.6. The number of ether oxygens (including phenoxy) is 1. The third-order valence-electron chi connectivity index (χ3n) is 4.09. The van der Waals surface area contributed by atoms with Gasteiger partial charge in [-0.2, -0.15) is 0 Å². The van der Waals surface area contributed by atoms with Gasteiger partial charge in [0.2, 0.25) is 0 Å². The van der Waals surface area contributed by atoms with Crippen molar-refractivity contribution in [1.29, 1.82) is 0 Å². The van der Waals surface area contributed by atoms with Gasteiger partial charge in [0, 0.05) is 0 Å². The first-order valence-corrected chi connectivity index (χ1v) is 7.30. The number of methoxy groups -OCH3 is 1. The molecule has 1 aromatic rings. The molecule has 2 rings (SSSR count). The summed E-state index contributed by atoms with van der Waals surface area (Å²) >= 11 is 5.61. The highest BCUT2D eigenvalue weighted by molar-refractivity contribution is 7.81. The van der Waals surface area contributed by atoms with Crippen LogP contribution in [0.25, 0.3) is 0 Å². The Hall–Kier alpha value is -1.75. The van der Waals surface area contributed by atoms with Gasteiger partial charge in [-0.05, 0) is 43.5 Å². The minimum atomic E-state index is -0.358. The van der Waals surface area contributed by atoms with Crippen LogP contribution < -0.4 is 4.90 Å². The highest BCUT2D eigenvalue weighted by atomic mass is 32.1. The van der Waals surface area contributed by atoms with E-state index in [2.05, 4.69) is 25.8 Å². The van der Waals surface area contributed by atoms with Crippen molar-refractivity contribution >= 4 is 35.2 Å². The lowest BCUT2D eigenvalue weighted by atomic mass is 9.89. The van der Waals surface area contributed by atoms with E-state index in [0.717, 1.165) is 16.2 Å². The molecule has 0 radical (unpaired) electrons. The molecule has 1 aromatic carbocycles. The molecule has 0 N–H and O–H groups in total. The van der Waals surface area contributed by atoms with Crippen molar-refractivity contribution in [2.75, 3.05) is 12.0 Å². The quantitative estimate of drug-likeness (QED) is 0.634. The molecule has 0 aromatic heterocycles. The molecule has 5 heteroatoms. The van der Waals surface area contributed by atoms with E-state index in [1.807, 2.05) is 24.0 Å². The van der Waals surface area contributed by atoms with E-state index < -0.39 is 0 Å². The molecule has 1 aliphatic heterocycles. The number of rotatable bonds is 3. The third-order valence-corrected chi connectivity index (χ3v) is 4.70. The Bertz CT molecular complexity index is 625. The van der Waals surface area contributed by atoms with Gasteiger partial charge in [0.1, 0.15) is 10.5 Å². The summed E-state index contributed by atoms with van der Waals surface area (Å²) < 4.78 is 4.74. The van der Waals surface area contributed by atoms with Gasteiger partial charge in [-0.1, -0.05) is 26.1 Å². The molecular formula is C16H20N2O2S. The normalized spacial score (nSPS) is 21.2. The Morgan fingerprint density at radius 1 is 1.43 bits per heavy atom. The van der Waals surface area contributed by atoms with Gasteiger partial charge < -0.3 is 4.74 Å². The predicted molar refractivity (Wildman–Crippen MR) is 89.3 cm³/mol. The van der Waals surface area contributed by atoms with E-state index in [-0.39, 0.29) is 11.5 Å². The lowest BCUT2D eigenvalue weighted by Gasteiger charge is -2.29. The van der Waals surface area contributed by atoms with Crippen LogP contribution in [-0.4, -0.2) is 29.9 Å². The summed E-state index contributed by atoms with van der Waals surface area (Å²) in [7, 11) is 1.38. The van der Waals surface area contributed by atoms with Gasteiger partial charge >= 0.3 is 5.97 Å². The smallest absolute Gasteiger partial charge is 0.337 e. The molecule has 1 heterocycles. The number of nitrogens with zero attached hydrogens (tertiary/aromatic N) is 2.